The standard InChI is InChI=1S/C22H26N4O5/c1-15(2)11-19(24-21(27)14-31-20-10-5-4-7-16(20)3)22(28)25-23-13-17-8-6-9-18(12-17)26(29)30/h4-10,12-13,15,19H,11,14H2,1-3H3,(H,24,27)(H,25,28)/b23-13-/t19-/m1/s1. The lowest BCUT2D eigenvalue weighted by Gasteiger charge is -2.19. The third-order valence-corrected chi connectivity index (χ3v) is 4.28. The largest absolute Gasteiger partial charge is 0.484 e. The van der Waals surface area contributed by atoms with E-state index in [2.05, 4.69) is 15.8 Å². The molecule has 1 atom stereocenters. The third-order valence-electron chi connectivity index (χ3n) is 4.28. The molecule has 0 saturated heterocycles. The van der Waals surface area contributed by atoms with Gasteiger partial charge in [0.25, 0.3) is 17.5 Å². The van der Waals surface area contributed by atoms with Gasteiger partial charge in [-0.2, -0.15) is 5.10 Å². The van der Waals surface area contributed by atoms with E-state index >= 15 is 0 Å². The first-order valence-corrected chi connectivity index (χ1v) is 9.81. The van der Waals surface area contributed by atoms with Crippen LogP contribution in [-0.4, -0.2) is 35.6 Å². The van der Waals surface area contributed by atoms with E-state index in [-0.39, 0.29) is 18.2 Å². The number of carbonyl (C=O) groups excluding carboxylic acids is 2. The molecule has 0 bridgehead atoms. The zero-order valence-corrected chi connectivity index (χ0v) is 17.7. The van der Waals surface area contributed by atoms with Crippen LogP contribution < -0.4 is 15.5 Å². The van der Waals surface area contributed by atoms with Crippen molar-refractivity contribution in [3.05, 3.63) is 69.8 Å². The first kappa shape index (κ1) is 23.5. The van der Waals surface area contributed by atoms with Crippen LogP contribution in [0, 0.1) is 23.0 Å². The Morgan fingerprint density at radius 1 is 1.19 bits per heavy atom. The molecule has 0 aliphatic heterocycles. The van der Waals surface area contributed by atoms with Gasteiger partial charge in [-0.15, -0.1) is 0 Å². The highest BCUT2D eigenvalue weighted by Gasteiger charge is 2.22. The highest BCUT2D eigenvalue weighted by Crippen LogP contribution is 2.16. The van der Waals surface area contributed by atoms with E-state index in [1.165, 1.54) is 24.4 Å². The molecule has 31 heavy (non-hydrogen) atoms. The number of carbonyl (C=O) groups is 2. The van der Waals surface area contributed by atoms with Gasteiger partial charge in [0.05, 0.1) is 11.1 Å². The highest BCUT2D eigenvalue weighted by atomic mass is 16.6. The number of hydrogen-bond acceptors (Lipinski definition) is 6. The minimum absolute atomic E-state index is 0.0751. The van der Waals surface area contributed by atoms with Crippen molar-refractivity contribution in [1.29, 1.82) is 0 Å². The molecule has 0 spiro atoms. The molecule has 9 heteroatoms. The first-order chi connectivity index (χ1) is 14.8. The lowest BCUT2D eigenvalue weighted by Crippen LogP contribution is -2.47. The van der Waals surface area contributed by atoms with Crippen molar-refractivity contribution in [2.45, 2.75) is 33.2 Å². The molecule has 0 heterocycles. The van der Waals surface area contributed by atoms with E-state index in [0.717, 1.165) is 5.56 Å². The number of nitrogens with one attached hydrogen (secondary N) is 2. The summed E-state index contributed by atoms with van der Waals surface area (Å²) in [6.45, 7) is 5.52. The zero-order chi connectivity index (χ0) is 22.8. The normalized spacial score (nSPS) is 11.9. The van der Waals surface area contributed by atoms with Crippen LogP contribution in [-0.2, 0) is 9.59 Å². The number of amides is 2. The number of rotatable bonds is 10. The number of nitro benzene ring substituents is 1. The van der Waals surface area contributed by atoms with Crippen molar-refractivity contribution >= 4 is 23.7 Å². The van der Waals surface area contributed by atoms with Crippen LogP contribution in [0.3, 0.4) is 0 Å². The molecule has 164 valence electrons. The Kier molecular flexibility index (Phi) is 8.68. The molecule has 0 fully saturated rings. The lowest BCUT2D eigenvalue weighted by atomic mass is 10.0. The van der Waals surface area contributed by atoms with Gasteiger partial charge < -0.3 is 10.1 Å². The molecule has 0 radical (unpaired) electrons. The summed E-state index contributed by atoms with van der Waals surface area (Å²) in [4.78, 5) is 35.1. The van der Waals surface area contributed by atoms with Crippen LogP contribution in [0.2, 0.25) is 0 Å². The number of para-hydroxylation sites is 1. The van der Waals surface area contributed by atoms with E-state index in [9.17, 15) is 19.7 Å². The fourth-order valence-corrected chi connectivity index (χ4v) is 2.77. The van der Waals surface area contributed by atoms with Crippen molar-refractivity contribution in [3.63, 3.8) is 0 Å². The van der Waals surface area contributed by atoms with E-state index < -0.39 is 22.8 Å². The van der Waals surface area contributed by atoms with Gasteiger partial charge in [-0.1, -0.05) is 44.2 Å². The second-order valence-corrected chi connectivity index (χ2v) is 7.39. The van der Waals surface area contributed by atoms with E-state index in [1.807, 2.05) is 39.0 Å². The second kappa shape index (κ2) is 11.4. The quantitative estimate of drug-likeness (QED) is 0.343. The van der Waals surface area contributed by atoms with Gasteiger partial charge in [0.2, 0.25) is 0 Å². The number of hydrogen-bond donors (Lipinski definition) is 2. The Morgan fingerprint density at radius 2 is 1.94 bits per heavy atom. The van der Waals surface area contributed by atoms with E-state index in [0.29, 0.717) is 17.7 Å². The zero-order valence-electron chi connectivity index (χ0n) is 17.7. The maximum absolute atomic E-state index is 12.5. The Bertz CT molecular complexity index is 958. The van der Waals surface area contributed by atoms with Crippen molar-refractivity contribution in [2.24, 2.45) is 11.0 Å². The highest BCUT2D eigenvalue weighted by molar-refractivity contribution is 5.89. The van der Waals surface area contributed by atoms with Crippen molar-refractivity contribution < 1.29 is 19.2 Å². The van der Waals surface area contributed by atoms with Crippen LogP contribution in [0.15, 0.2) is 53.6 Å². The van der Waals surface area contributed by atoms with Gasteiger partial charge in [0, 0.05) is 17.7 Å². The van der Waals surface area contributed by atoms with Gasteiger partial charge in [0.1, 0.15) is 11.8 Å². The number of aryl methyl sites for hydroxylation is 1. The molecular weight excluding hydrogens is 400 g/mol. The van der Waals surface area contributed by atoms with Crippen LogP contribution in [0.4, 0.5) is 5.69 Å². The number of non-ortho nitro benzene ring substituents is 1. The monoisotopic (exact) mass is 426 g/mol. The summed E-state index contributed by atoms with van der Waals surface area (Å²) >= 11 is 0. The summed E-state index contributed by atoms with van der Waals surface area (Å²) in [6, 6.07) is 12.4. The summed E-state index contributed by atoms with van der Waals surface area (Å²) in [7, 11) is 0. The minimum atomic E-state index is -0.796. The fraction of sp³-hybridized carbons (Fsp3) is 0.318. The molecular formula is C22H26N4O5. The van der Waals surface area contributed by atoms with Crippen LogP contribution in [0.25, 0.3) is 0 Å². The van der Waals surface area contributed by atoms with Gasteiger partial charge in [0.15, 0.2) is 6.61 Å². The fourth-order valence-electron chi connectivity index (χ4n) is 2.77. The smallest absolute Gasteiger partial charge is 0.270 e. The average molecular weight is 426 g/mol. The summed E-state index contributed by atoms with van der Waals surface area (Å²) in [5.41, 5.74) is 3.67. The molecule has 2 N–H and O–H groups in total. The van der Waals surface area contributed by atoms with Gasteiger partial charge in [-0.3, -0.25) is 19.7 Å². The maximum atomic E-state index is 12.5. The maximum Gasteiger partial charge on any atom is 0.270 e. The Hall–Kier alpha value is -3.75. The number of nitrogens with zero attached hydrogens (tertiary/aromatic N) is 2. The number of ether oxygens (including phenoxy) is 1. The number of hydrazone groups is 1. The van der Waals surface area contributed by atoms with Gasteiger partial charge >= 0.3 is 0 Å². The molecule has 0 unspecified atom stereocenters. The number of benzene rings is 2. The third kappa shape index (κ3) is 7.88. The summed E-state index contributed by atoms with van der Waals surface area (Å²) < 4.78 is 5.53. The summed E-state index contributed by atoms with van der Waals surface area (Å²) in [5, 5.41) is 17.4. The van der Waals surface area contributed by atoms with Crippen LogP contribution in [0.5, 0.6) is 5.75 Å². The topological polar surface area (TPSA) is 123 Å². The molecule has 0 aliphatic carbocycles. The van der Waals surface area contributed by atoms with E-state index in [4.69, 9.17) is 4.74 Å². The van der Waals surface area contributed by atoms with Crippen molar-refractivity contribution in [3.8, 4) is 5.75 Å². The van der Waals surface area contributed by atoms with Crippen LogP contribution >= 0.6 is 0 Å². The van der Waals surface area contributed by atoms with Gasteiger partial charge in [-0.25, -0.2) is 5.43 Å². The molecule has 2 aromatic carbocycles. The van der Waals surface area contributed by atoms with E-state index in [1.54, 1.807) is 12.1 Å². The minimum Gasteiger partial charge on any atom is -0.484 e. The Labute approximate surface area is 180 Å². The van der Waals surface area contributed by atoms with Crippen molar-refractivity contribution in [1.82, 2.24) is 10.7 Å². The Balaban J connectivity index is 1.95. The van der Waals surface area contributed by atoms with Crippen molar-refractivity contribution in [2.75, 3.05) is 6.61 Å². The molecule has 0 aliphatic rings. The first-order valence-electron chi connectivity index (χ1n) is 9.81. The molecule has 2 aromatic rings. The second-order valence-electron chi connectivity index (χ2n) is 7.39. The molecule has 2 amide bonds. The molecule has 2 rings (SSSR count). The molecule has 0 aromatic heterocycles. The number of nitro groups is 1. The average Bonchev–Trinajstić information content (AvgIpc) is 2.72. The van der Waals surface area contributed by atoms with Gasteiger partial charge in [-0.05, 0) is 30.9 Å². The summed E-state index contributed by atoms with van der Waals surface area (Å²) in [5.74, 6) is -0.163. The molecule has 9 nitrogen and oxygen atoms in total. The predicted molar refractivity (Wildman–Crippen MR) is 117 cm³/mol. The Morgan fingerprint density at radius 3 is 2.61 bits per heavy atom. The predicted octanol–water partition coefficient (Wildman–Crippen LogP) is 2.96. The lowest BCUT2D eigenvalue weighted by molar-refractivity contribution is -0.384. The summed E-state index contributed by atoms with van der Waals surface area (Å²) in [6.07, 6.45) is 1.72. The SMILES string of the molecule is Cc1ccccc1OCC(=O)N[C@H](CC(C)C)C(=O)N/N=C\c1cccc([N+](=O)[O-])c1. The van der Waals surface area contributed by atoms with Crippen LogP contribution in [0.1, 0.15) is 31.4 Å². The molecule has 0 saturated carbocycles.